The van der Waals surface area contributed by atoms with Gasteiger partial charge in [-0.15, -0.1) is 0 Å². The number of nitrogens with zero attached hydrogens (tertiary/aromatic N) is 2. The highest BCUT2D eigenvalue weighted by Gasteiger charge is 2.20. The van der Waals surface area contributed by atoms with Crippen LogP contribution in [0.1, 0.15) is 38.5 Å². The van der Waals surface area contributed by atoms with Gasteiger partial charge < -0.3 is 0 Å². The fourth-order valence-electron chi connectivity index (χ4n) is 2.00. The van der Waals surface area contributed by atoms with Gasteiger partial charge in [-0.1, -0.05) is 19.3 Å². The second kappa shape index (κ2) is 3.24. The van der Waals surface area contributed by atoms with Crippen LogP contribution in [0.2, 0.25) is 0 Å². The Bertz CT molecular complexity index is 154. The highest BCUT2D eigenvalue weighted by atomic mass is 15.5. The normalized spacial score (nSPS) is 31.3. The molecule has 1 saturated heterocycles. The fourth-order valence-corrected chi connectivity index (χ4v) is 2.00. The third kappa shape index (κ3) is 1.55. The van der Waals surface area contributed by atoms with E-state index in [0.717, 1.165) is 6.04 Å². The minimum atomic E-state index is 0.760. The van der Waals surface area contributed by atoms with Crippen molar-refractivity contribution in [3.63, 3.8) is 0 Å². The third-order valence-electron chi connectivity index (χ3n) is 2.70. The van der Waals surface area contributed by atoms with Crippen molar-refractivity contribution < 1.29 is 0 Å². The van der Waals surface area contributed by atoms with Gasteiger partial charge in [-0.2, -0.15) is 5.10 Å². The van der Waals surface area contributed by atoms with Crippen molar-refractivity contribution in [1.29, 1.82) is 0 Å². The molecule has 1 unspecified atom stereocenters. The zero-order valence-corrected chi connectivity index (χ0v) is 7.00. The number of hydrogen-bond acceptors (Lipinski definition) is 2. The maximum absolute atomic E-state index is 4.37. The Hall–Kier alpha value is -0.530. The second-order valence-electron chi connectivity index (χ2n) is 3.55. The summed E-state index contributed by atoms with van der Waals surface area (Å²) in [5.41, 5.74) is 0. The van der Waals surface area contributed by atoms with Crippen molar-refractivity contribution in [2.75, 3.05) is 6.54 Å². The molecule has 0 saturated carbocycles. The molecule has 2 aliphatic heterocycles. The molecule has 11 heavy (non-hydrogen) atoms. The number of fused-ring (bicyclic) bond motifs is 1. The van der Waals surface area contributed by atoms with Crippen molar-refractivity contribution in [2.24, 2.45) is 5.10 Å². The first-order valence-electron chi connectivity index (χ1n) is 4.76. The Morgan fingerprint density at radius 1 is 1.18 bits per heavy atom. The van der Waals surface area contributed by atoms with Gasteiger partial charge in [0.15, 0.2) is 0 Å². The van der Waals surface area contributed by atoms with Crippen LogP contribution in [0.25, 0.3) is 0 Å². The third-order valence-corrected chi connectivity index (χ3v) is 2.70. The average molecular weight is 152 g/mol. The molecule has 0 spiro atoms. The standard InChI is InChI=1S/C9H16N2/c1-2-4-8-11-9(5-3-1)6-7-10-11/h7,9H,1-6,8H2. The van der Waals surface area contributed by atoms with E-state index in [0.29, 0.717) is 0 Å². The lowest BCUT2D eigenvalue weighted by Crippen LogP contribution is -2.28. The quantitative estimate of drug-likeness (QED) is 0.518. The molecule has 0 bridgehead atoms. The molecule has 1 fully saturated rings. The Morgan fingerprint density at radius 2 is 2.09 bits per heavy atom. The summed E-state index contributed by atoms with van der Waals surface area (Å²) in [7, 11) is 0. The number of hydrogen-bond donors (Lipinski definition) is 0. The smallest absolute Gasteiger partial charge is 0.0520 e. The molecule has 2 rings (SSSR count). The Balaban J connectivity index is 1.93. The van der Waals surface area contributed by atoms with Crippen LogP contribution in [0.3, 0.4) is 0 Å². The molecule has 2 heterocycles. The minimum Gasteiger partial charge on any atom is -0.294 e. The number of rotatable bonds is 0. The zero-order chi connectivity index (χ0) is 7.52. The van der Waals surface area contributed by atoms with Gasteiger partial charge in [0.2, 0.25) is 0 Å². The summed E-state index contributed by atoms with van der Waals surface area (Å²) in [5, 5.41) is 6.66. The van der Waals surface area contributed by atoms with E-state index in [2.05, 4.69) is 16.3 Å². The lowest BCUT2D eigenvalue weighted by Gasteiger charge is -2.25. The van der Waals surface area contributed by atoms with Crippen LogP contribution in [-0.2, 0) is 0 Å². The van der Waals surface area contributed by atoms with Crippen LogP contribution in [0.5, 0.6) is 0 Å². The van der Waals surface area contributed by atoms with Gasteiger partial charge in [0.05, 0.1) is 6.04 Å². The summed E-state index contributed by atoms with van der Waals surface area (Å²) in [5.74, 6) is 0. The largest absolute Gasteiger partial charge is 0.294 e. The van der Waals surface area contributed by atoms with E-state index in [1.165, 1.54) is 45.1 Å². The first-order valence-corrected chi connectivity index (χ1v) is 4.76. The summed E-state index contributed by atoms with van der Waals surface area (Å²) in [6.45, 7) is 1.20. The summed E-state index contributed by atoms with van der Waals surface area (Å²) >= 11 is 0. The van der Waals surface area contributed by atoms with E-state index in [9.17, 15) is 0 Å². The fraction of sp³-hybridized carbons (Fsp3) is 0.889. The summed E-state index contributed by atoms with van der Waals surface area (Å²) in [6.07, 6.45) is 10.2. The molecule has 0 aliphatic carbocycles. The van der Waals surface area contributed by atoms with Crippen LogP contribution in [0.4, 0.5) is 0 Å². The SMILES string of the molecule is C1=NN2CCCCCCC2C1. The van der Waals surface area contributed by atoms with E-state index >= 15 is 0 Å². The van der Waals surface area contributed by atoms with E-state index in [1.54, 1.807) is 0 Å². The Morgan fingerprint density at radius 3 is 3.09 bits per heavy atom. The molecule has 62 valence electrons. The highest BCUT2D eigenvalue weighted by Crippen LogP contribution is 2.21. The summed E-state index contributed by atoms with van der Waals surface area (Å²) < 4.78 is 0. The molecular weight excluding hydrogens is 136 g/mol. The first-order chi connectivity index (χ1) is 5.47. The molecule has 0 amide bonds. The van der Waals surface area contributed by atoms with Gasteiger partial charge in [-0.05, 0) is 12.8 Å². The molecule has 2 nitrogen and oxygen atoms in total. The van der Waals surface area contributed by atoms with Gasteiger partial charge in [0.25, 0.3) is 0 Å². The van der Waals surface area contributed by atoms with Crippen molar-refractivity contribution >= 4 is 6.21 Å². The lowest BCUT2D eigenvalue weighted by molar-refractivity contribution is 0.199. The van der Waals surface area contributed by atoms with Gasteiger partial charge in [-0.3, -0.25) is 5.01 Å². The molecule has 0 aromatic rings. The minimum absolute atomic E-state index is 0.760. The van der Waals surface area contributed by atoms with Crippen molar-refractivity contribution in [3.8, 4) is 0 Å². The van der Waals surface area contributed by atoms with Crippen LogP contribution < -0.4 is 0 Å². The van der Waals surface area contributed by atoms with Gasteiger partial charge in [-0.25, -0.2) is 0 Å². The molecule has 1 atom stereocenters. The summed E-state index contributed by atoms with van der Waals surface area (Å²) in [6, 6.07) is 0.760. The topological polar surface area (TPSA) is 15.6 Å². The van der Waals surface area contributed by atoms with Crippen LogP contribution in [0.15, 0.2) is 5.10 Å². The average Bonchev–Trinajstić information content (AvgIpc) is 2.35. The molecule has 0 aromatic carbocycles. The van der Waals surface area contributed by atoms with Gasteiger partial charge in [0, 0.05) is 19.2 Å². The van der Waals surface area contributed by atoms with E-state index < -0.39 is 0 Å². The van der Waals surface area contributed by atoms with Crippen LogP contribution in [0, 0.1) is 0 Å². The summed E-state index contributed by atoms with van der Waals surface area (Å²) in [4.78, 5) is 0. The Labute approximate surface area is 68.3 Å². The maximum Gasteiger partial charge on any atom is 0.0520 e. The van der Waals surface area contributed by atoms with Crippen molar-refractivity contribution in [3.05, 3.63) is 0 Å². The number of hydrazone groups is 1. The molecular formula is C9H16N2. The van der Waals surface area contributed by atoms with E-state index in [4.69, 9.17) is 0 Å². The highest BCUT2D eigenvalue weighted by molar-refractivity contribution is 5.59. The van der Waals surface area contributed by atoms with Gasteiger partial charge >= 0.3 is 0 Å². The maximum atomic E-state index is 4.37. The van der Waals surface area contributed by atoms with E-state index in [1.807, 2.05) is 0 Å². The first kappa shape index (κ1) is 7.14. The van der Waals surface area contributed by atoms with Crippen LogP contribution in [-0.4, -0.2) is 23.8 Å². The van der Waals surface area contributed by atoms with Gasteiger partial charge in [0.1, 0.15) is 0 Å². The predicted molar refractivity (Wildman–Crippen MR) is 46.7 cm³/mol. The monoisotopic (exact) mass is 152 g/mol. The lowest BCUT2D eigenvalue weighted by atomic mass is 10.0. The zero-order valence-electron chi connectivity index (χ0n) is 7.00. The molecule has 2 aliphatic rings. The van der Waals surface area contributed by atoms with Crippen molar-refractivity contribution in [2.45, 2.75) is 44.6 Å². The second-order valence-corrected chi connectivity index (χ2v) is 3.55. The molecule has 2 heteroatoms. The van der Waals surface area contributed by atoms with Crippen LogP contribution >= 0.6 is 0 Å². The molecule has 0 N–H and O–H groups in total. The molecule has 0 radical (unpaired) electrons. The molecule has 0 aromatic heterocycles. The Kier molecular flexibility index (Phi) is 2.11. The van der Waals surface area contributed by atoms with Crippen molar-refractivity contribution in [1.82, 2.24) is 5.01 Å². The van der Waals surface area contributed by atoms with E-state index in [-0.39, 0.29) is 0 Å². The predicted octanol–water partition coefficient (Wildman–Crippen LogP) is 2.01.